The van der Waals surface area contributed by atoms with Crippen molar-refractivity contribution in [1.29, 1.82) is 0 Å². The highest BCUT2D eigenvalue weighted by atomic mass is 16.5. The number of hydrogen-bond donors (Lipinski definition) is 1. The normalized spacial score (nSPS) is 15.4. The number of morpholine rings is 1. The van der Waals surface area contributed by atoms with Crippen LogP contribution in [0.1, 0.15) is 26.7 Å². The third-order valence-corrected chi connectivity index (χ3v) is 3.48. The molecular weight excluding hydrogens is 252 g/mol. The van der Waals surface area contributed by atoms with Crippen LogP contribution in [0.25, 0.3) is 0 Å². The first-order chi connectivity index (χ1) is 9.65. The van der Waals surface area contributed by atoms with Gasteiger partial charge in [-0.2, -0.15) is 0 Å². The molecule has 2 rings (SSSR count). The molecule has 1 N–H and O–H groups in total. The van der Waals surface area contributed by atoms with Crippen LogP contribution >= 0.6 is 0 Å². The van der Waals surface area contributed by atoms with Crippen LogP contribution in [0.5, 0.6) is 0 Å². The number of carbonyl (C=O) groups excluding carboxylic acids is 1. The van der Waals surface area contributed by atoms with Crippen LogP contribution < -0.4 is 10.2 Å². The van der Waals surface area contributed by atoms with E-state index >= 15 is 0 Å². The maximum atomic E-state index is 11.8. The minimum absolute atomic E-state index is 0.0952. The number of rotatable bonds is 5. The van der Waals surface area contributed by atoms with Gasteiger partial charge in [-0.3, -0.25) is 4.79 Å². The molecule has 1 aromatic carbocycles. The molecule has 4 heteroatoms. The second-order valence-corrected chi connectivity index (χ2v) is 5.63. The van der Waals surface area contributed by atoms with Crippen molar-refractivity contribution >= 4 is 17.3 Å². The van der Waals surface area contributed by atoms with Crippen molar-refractivity contribution in [2.75, 3.05) is 36.5 Å². The van der Waals surface area contributed by atoms with Crippen LogP contribution in [0, 0.1) is 5.92 Å². The molecular formula is C16H24N2O2. The second-order valence-electron chi connectivity index (χ2n) is 5.63. The monoisotopic (exact) mass is 276 g/mol. The van der Waals surface area contributed by atoms with Crippen molar-refractivity contribution in [3.8, 4) is 0 Å². The molecule has 0 bridgehead atoms. The molecule has 1 aromatic rings. The first kappa shape index (κ1) is 14.9. The molecule has 110 valence electrons. The Hall–Kier alpha value is -1.55. The maximum absolute atomic E-state index is 11.8. The zero-order valence-corrected chi connectivity index (χ0v) is 12.4. The predicted octanol–water partition coefficient (Wildman–Crippen LogP) is 2.90. The summed E-state index contributed by atoms with van der Waals surface area (Å²) in [6.07, 6.45) is 1.51. The fourth-order valence-corrected chi connectivity index (χ4v) is 2.22. The second kappa shape index (κ2) is 7.29. The van der Waals surface area contributed by atoms with Crippen molar-refractivity contribution in [3.63, 3.8) is 0 Å². The quantitative estimate of drug-likeness (QED) is 0.899. The summed E-state index contributed by atoms with van der Waals surface area (Å²) in [7, 11) is 0. The van der Waals surface area contributed by atoms with E-state index in [1.165, 1.54) is 5.69 Å². The Labute approximate surface area is 121 Å². The molecule has 0 aromatic heterocycles. The molecule has 1 heterocycles. The number of hydrogen-bond acceptors (Lipinski definition) is 3. The average Bonchev–Trinajstić information content (AvgIpc) is 2.47. The summed E-state index contributed by atoms with van der Waals surface area (Å²) in [6, 6.07) is 8.06. The van der Waals surface area contributed by atoms with E-state index in [2.05, 4.69) is 36.2 Å². The molecule has 1 amide bonds. The van der Waals surface area contributed by atoms with E-state index in [0.29, 0.717) is 12.3 Å². The first-order valence-corrected chi connectivity index (χ1v) is 7.38. The molecule has 0 aliphatic carbocycles. The number of nitrogens with one attached hydrogen (secondary N) is 1. The van der Waals surface area contributed by atoms with Crippen molar-refractivity contribution < 1.29 is 9.53 Å². The summed E-state index contributed by atoms with van der Waals surface area (Å²) >= 11 is 0. The molecule has 0 unspecified atom stereocenters. The Morgan fingerprint density at radius 2 is 1.90 bits per heavy atom. The molecule has 1 aliphatic rings. The molecule has 0 saturated carbocycles. The topological polar surface area (TPSA) is 41.6 Å². The predicted molar refractivity (Wildman–Crippen MR) is 82.2 cm³/mol. The Kier molecular flexibility index (Phi) is 5.41. The summed E-state index contributed by atoms with van der Waals surface area (Å²) in [5.74, 6) is 0.655. The largest absolute Gasteiger partial charge is 0.378 e. The lowest BCUT2D eigenvalue weighted by molar-refractivity contribution is -0.116. The van der Waals surface area contributed by atoms with E-state index in [4.69, 9.17) is 4.74 Å². The van der Waals surface area contributed by atoms with Gasteiger partial charge in [-0.15, -0.1) is 0 Å². The van der Waals surface area contributed by atoms with Gasteiger partial charge in [0.25, 0.3) is 0 Å². The fraction of sp³-hybridized carbons (Fsp3) is 0.562. The number of benzene rings is 1. The lowest BCUT2D eigenvalue weighted by Crippen LogP contribution is -2.36. The van der Waals surface area contributed by atoms with Crippen LogP contribution in [0.2, 0.25) is 0 Å². The third kappa shape index (κ3) is 4.53. The number of anilines is 2. The van der Waals surface area contributed by atoms with Crippen LogP contribution in [0.4, 0.5) is 11.4 Å². The first-order valence-electron chi connectivity index (χ1n) is 7.38. The minimum atomic E-state index is 0.0952. The highest BCUT2D eigenvalue weighted by molar-refractivity contribution is 5.90. The highest BCUT2D eigenvalue weighted by Crippen LogP contribution is 2.19. The van der Waals surface area contributed by atoms with Gasteiger partial charge in [-0.1, -0.05) is 13.8 Å². The van der Waals surface area contributed by atoms with E-state index in [-0.39, 0.29) is 5.91 Å². The van der Waals surface area contributed by atoms with Gasteiger partial charge in [-0.05, 0) is 36.6 Å². The van der Waals surface area contributed by atoms with E-state index in [1.54, 1.807) is 0 Å². The van der Waals surface area contributed by atoms with Gasteiger partial charge in [0.15, 0.2) is 0 Å². The minimum Gasteiger partial charge on any atom is -0.378 e. The lowest BCUT2D eigenvalue weighted by atomic mass is 10.1. The lowest BCUT2D eigenvalue weighted by Gasteiger charge is -2.28. The van der Waals surface area contributed by atoms with E-state index in [1.807, 2.05) is 12.1 Å². The van der Waals surface area contributed by atoms with Gasteiger partial charge in [0, 0.05) is 30.9 Å². The Bertz CT molecular complexity index is 423. The fourth-order valence-electron chi connectivity index (χ4n) is 2.22. The summed E-state index contributed by atoms with van der Waals surface area (Å²) in [6.45, 7) is 7.69. The van der Waals surface area contributed by atoms with Gasteiger partial charge in [0.1, 0.15) is 0 Å². The van der Waals surface area contributed by atoms with Crippen LogP contribution in [-0.2, 0) is 9.53 Å². The summed E-state index contributed by atoms with van der Waals surface area (Å²) in [4.78, 5) is 14.1. The molecule has 1 aliphatic heterocycles. The van der Waals surface area contributed by atoms with E-state index in [0.717, 1.165) is 38.4 Å². The molecule has 1 saturated heterocycles. The zero-order chi connectivity index (χ0) is 14.4. The highest BCUT2D eigenvalue weighted by Gasteiger charge is 2.11. The molecule has 1 fully saturated rings. The van der Waals surface area contributed by atoms with E-state index in [9.17, 15) is 4.79 Å². The van der Waals surface area contributed by atoms with Crippen molar-refractivity contribution in [3.05, 3.63) is 24.3 Å². The SMILES string of the molecule is CC(C)CCC(=O)Nc1ccc(N2CCOCC2)cc1. The summed E-state index contributed by atoms with van der Waals surface area (Å²) < 4.78 is 5.35. The zero-order valence-electron chi connectivity index (χ0n) is 12.4. The van der Waals surface area contributed by atoms with Crippen LogP contribution in [-0.4, -0.2) is 32.2 Å². The van der Waals surface area contributed by atoms with Gasteiger partial charge < -0.3 is 15.0 Å². The van der Waals surface area contributed by atoms with Crippen LogP contribution in [0.15, 0.2) is 24.3 Å². The van der Waals surface area contributed by atoms with Gasteiger partial charge in [-0.25, -0.2) is 0 Å². The van der Waals surface area contributed by atoms with Gasteiger partial charge in [0.2, 0.25) is 5.91 Å². The Morgan fingerprint density at radius 3 is 2.50 bits per heavy atom. The Morgan fingerprint density at radius 1 is 1.25 bits per heavy atom. The number of carbonyl (C=O) groups is 1. The Balaban J connectivity index is 1.86. The van der Waals surface area contributed by atoms with Crippen molar-refractivity contribution in [2.24, 2.45) is 5.92 Å². The van der Waals surface area contributed by atoms with Gasteiger partial charge in [0.05, 0.1) is 13.2 Å². The van der Waals surface area contributed by atoms with Crippen molar-refractivity contribution in [2.45, 2.75) is 26.7 Å². The van der Waals surface area contributed by atoms with Crippen LogP contribution in [0.3, 0.4) is 0 Å². The smallest absolute Gasteiger partial charge is 0.224 e. The number of amides is 1. The molecule has 0 radical (unpaired) electrons. The number of ether oxygens (including phenoxy) is 1. The summed E-state index contributed by atoms with van der Waals surface area (Å²) in [5.41, 5.74) is 2.06. The van der Waals surface area contributed by atoms with Gasteiger partial charge >= 0.3 is 0 Å². The number of nitrogens with zero attached hydrogens (tertiary/aromatic N) is 1. The average molecular weight is 276 g/mol. The standard InChI is InChI=1S/C16H24N2O2/c1-13(2)3-8-16(19)17-14-4-6-15(7-5-14)18-9-11-20-12-10-18/h4-7,13H,3,8-12H2,1-2H3,(H,17,19). The van der Waals surface area contributed by atoms with Crippen molar-refractivity contribution in [1.82, 2.24) is 0 Å². The third-order valence-electron chi connectivity index (χ3n) is 3.48. The molecule has 20 heavy (non-hydrogen) atoms. The molecule has 0 atom stereocenters. The van der Waals surface area contributed by atoms with E-state index < -0.39 is 0 Å². The molecule has 4 nitrogen and oxygen atoms in total. The maximum Gasteiger partial charge on any atom is 0.224 e. The molecule has 0 spiro atoms. The summed E-state index contributed by atoms with van der Waals surface area (Å²) in [5, 5.41) is 2.95.